The van der Waals surface area contributed by atoms with E-state index in [1.807, 2.05) is 33.8 Å². The molecule has 0 radical (unpaired) electrons. The Morgan fingerprint density at radius 1 is 1.09 bits per heavy atom. The minimum Gasteiger partial charge on any atom is -0.489 e. The van der Waals surface area contributed by atoms with E-state index in [0.29, 0.717) is 12.3 Å². The molecule has 4 N–H and O–H groups in total. The van der Waals surface area contributed by atoms with Crippen molar-refractivity contribution in [1.82, 2.24) is 0 Å². The molecule has 1 aromatic carbocycles. The second kappa shape index (κ2) is 20.4. The number of ether oxygens (including phenoxy) is 2. The topological polar surface area (TPSA) is 87.6 Å². The highest BCUT2D eigenvalue weighted by atomic mass is 32.1. The van der Waals surface area contributed by atoms with Gasteiger partial charge in [0.25, 0.3) is 0 Å². The molecule has 8 heteroatoms. The highest BCUT2D eigenvalue weighted by Gasteiger charge is 2.14. The van der Waals surface area contributed by atoms with Crippen molar-refractivity contribution in [2.24, 2.45) is 17.4 Å². The molecule has 1 aliphatic carbocycles. The van der Waals surface area contributed by atoms with E-state index in [4.69, 9.17) is 16.2 Å². The van der Waals surface area contributed by atoms with Crippen LogP contribution < -0.4 is 20.9 Å². The third-order valence-corrected chi connectivity index (χ3v) is 4.46. The van der Waals surface area contributed by atoms with Crippen molar-refractivity contribution in [1.29, 1.82) is 0 Å². The zero-order valence-electron chi connectivity index (χ0n) is 20.7. The van der Waals surface area contributed by atoms with Crippen molar-refractivity contribution < 1.29 is 23.0 Å². The number of nitrogens with two attached hydrogens (primary N) is 2. The van der Waals surface area contributed by atoms with Crippen LogP contribution in [-0.2, 0) is 0 Å². The van der Waals surface area contributed by atoms with Crippen molar-refractivity contribution in [3.05, 3.63) is 47.7 Å². The van der Waals surface area contributed by atoms with Gasteiger partial charge < -0.3 is 20.9 Å². The number of carbonyl (C=O) groups is 1. The Bertz CT molecular complexity index is 695. The van der Waals surface area contributed by atoms with Crippen LogP contribution >= 0.6 is 12.6 Å². The summed E-state index contributed by atoms with van der Waals surface area (Å²) in [6.45, 7) is 8.59. The average Bonchev–Trinajstić information content (AvgIpc) is 2.80. The van der Waals surface area contributed by atoms with E-state index < -0.39 is 12.5 Å². The average molecular weight is 489 g/mol. The first-order chi connectivity index (χ1) is 15.6. The Labute approximate surface area is 204 Å². The number of benzene rings is 1. The maximum Gasteiger partial charge on any atom is 0.387 e. The number of alkyl halides is 2. The molecular formula is C25H42F2N2O3S. The van der Waals surface area contributed by atoms with Gasteiger partial charge in [0.2, 0.25) is 5.91 Å². The van der Waals surface area contributed by atoms with E-state index in [-0.39, 0.29) is 23.0 Å². The van der Waals surface area contributed by atoms with Gasteiger partial charge in [0, 0.05) is 11.3 Å². The van der Waals surface area contributed by atoms with Gasteiger partial charge in [0.1, 0.15) is 0 Å². The summed E-state index contributed by atoms with van der Waals surface area (Å²) in [6.07, 6.45) is 12.6. The smallest absolute Gasteiger partial charge is 0.387 e. The zero-order chi connectivity index (χ0) is 25.8. The second-order valence-corrected chi connectivity index (χ2v) is 7.73. The van der Waals surface area contributed by atoms with Crippen LogP contribution in [0, 0.1) is 5.92 Å². The quantitative estimate of drug-likeness (QED) is 0.293. The molecule has 0 aromatic heterocycles. The second-order valence-electron chi connectivity index (χ2n) is 7.73. The van der Waals surface area contributed by atoms with Crippen LogP contribution in [0.1, 0.15) is 76.6 Å². The normalized spacial score (nSPS) is 12.8. The minimum absolute atomic E-state index is 0.0836. The summed E-state index contributed by atoms with van der Waals surface area (Å²) in [5, 5.41) is 0. The molecule has 1 aliphatic rings. The standard InChI is InChI=1S/C12H15F2NO3.C6H11N.C6H12.CH4S/c1-7(2)6-17-10-5-8(11(15)16)3-4-9(10)18-12(13)14;1-4-5(2)6(3)7;1-2-4-6-5-3-1;1-2/h3-5,7,12H,6H2,1-2H3,(H2,15,16);4H,3,7H2,1-2H3;1-6H2;2H,1H3/b;5-4+;;. The van der Waals surface area contributed by atoms with E-state index in [1.165, 1.54) is 56.7 Å². The SMILES string of the molecule is C1CCCCC1.C=C(N)/C(C)=C/C.CC(C)COc1cc(C(N)=O)ccc1OC(F)F.CS. The number of amides is 1. The van der Waals surface area contributed by atoms with Gasteiger partial charge in [0.15, 0.2) is 11.5 Å². The lowest BCUT2D eigenvalue weighted by molar-refractivity contribution is -0.0515. The summed E-state index contributed by atoms with van der Waals surface area (Å²) in [6, 6.07) is 3.84. The first kappa shape index (κ1) is 33.0. The van der Waals surface area contributed by atoms with Gasteiger partial charge in [-0.2, -0.15) is 21.4 Å². The van der Waals surface area contributed by atoms with Gasteiger partial charge in [-0.05, 0) is 49.8 Å². The number of primary amides is 1. The Kier molecular flexibility index (Phi) is 20.4. The zero-order valence-corrected chi connectivity index (χ0v) is 21.6. The molecule has 0 atom stereocenters. The molecule has 1 saturated carbocycles. The minimum atomic E-state index is -2.95. The molecular weight excluding hydrogens is 446 g/mol. The third kappa shape index (κ3) is 18.0. The molecule has 0 heterocycles. The van der Waals surface area contributed by atoms with E-state index in [9.17, 15) is 13.6 Å². The monoisotopic (exact) mass is 488 g/mol. The maximum atomic E-state index is 12.2. The van der Waals surface area contributed by atoms with Gasteiger partial charge >= 0.3 is 6.61 Å². The fourth-order valence-electron chi connectivity index (χ4n) is 2.47. The van der Waals surface area contributed by atoms with Crippen LogP contribution in [0.2, 0.25) is 0 Å². The molecule has 2 rings (SSSR count). The van der Waals surface area contributed by atoms with Gasteiger partial charge in [-0.15, -0.1) is 0 Å². The lowest BCUT2D eigenvalue weighted by Crippen LogP contribution is -2.13. The van der Waals surface area contributed by atoms with Gasteiger partial charge in [-0.25, -0.2) is 0 Å². The van der Waals surface area contributed by atoms with E-state index in [2.05, 4.69) is 23.9 Å². The lowest BCUT2D eigenvalue weighted by Gasteiger charge is -2.14. The fourth-order valence-corrected chi connectivity index (χ4v) is 2.47. The molecule has 0 bridgehead atoms. The van der Waals surface area contributed by atoms with Crippen LogP contribution in [-0.4, -0.2) is 25.4 Å². The predicted molar refractivity (Wildman–Crippen MR) is 137 cm³/mol. The van der Waals surface area contributed by atoms with Crippen LogP contribution in [0.15, 0.2) is 42.1 Å². The fraction of sp³-hybridized carbons (Fsp3) is 0.560. The third-order valence-electron chi connectivity index (χ3n) is 4.46. The molecule has 1 amide bonds. The number of rotatable bonds is 7. The van der Waals surface area contributed by atoms with Crippen LogP contribution in [0.5, 0.6) is 11.5 Å². The van der Waals surface area contributed by atoms with E-state index in [0.717, 1.165) is 5.57 Å². The van der Waals surface area contributed by atoms with Crippen molar-refractivity contribution in [3.63, 3.8) is 0 Å². The molecule has 0 unspecified atom stereocenters. The first-order valence-electron chi connectivity index (χ1n) is 11.1. The van der Waals surface area contributed by atoms with Gasteiger partial charge in [0.05, 0.1) is 6.61 Å². The summed E-state index contributed by atoms with van der Waals surface area (Å²) in [5.41, 5.74) is 12.3. The predicted octanol–water partition coefficient (Wildman–Crippen LogP) is 6.73. The van der Waals surface area contributed by atoms with Crippen molar-refractivity contribution in [2.75, 3.05) is 12.9 Å². The molecule has 1 fully saturated rings. The summed E-state index contributed by atoms with van der Waals surface area (Å²) in [7, 11) is 0. The first-order valence-corrected chi connectivity index (χ1v) is 12.0. The molecule has 33 heavy (non-hydrogen) atoms. The summed E-state index contributed by atoms with van der Waals surface area (Å²) in [5.74, 6) is -0.481. The largest absolute Gasteiger partial charge is 0.489 e. The summed E-state index contributed by atoms with van der Waals surface area (Å²) >= 11 is 3.53. The summed E-state index contributed by atoms with van der Waals surface area (Å²) < 4.78 is 34.0. The van der Waals surface area contributed by atoms with Gasteiger partial charge in [-0.1, -0.05) is 65.0 Å². The number of allylic oxidation sites excluding steroid dienone is 2. The summed E-state index contributed by atoms with van der Waals surface area (Å²) in [4.78, 5) is 11.0. The lowest BCUT2D eigenvalue weighted by atomic mass is 10.0. The number of hydrogen-bond acceptors (Lipinski definition) is 5. The maximum absolute atomic E-state index is 12.2. The van der Waals surface area contributed by atoms with Crippen LogP contribution in [0.4, 0.5) is 8.78 Å². The van der Waals surface area contributed by atoms with Crippen LogP contribution in [0.3, 0.4) is 0 Å². The Hall–Kier alpha value is -2.22. The molecule has 0 aliphatic heterocycles. The molecule has 0 spiro atoms. The number of hydrogen-bond donors (Lipinski definition) is 3. The Balaban J connectivity index is 0. The van der Waals surface area contributed by atoms with Crippen molar-refractivity contribution in [3.8, 4) is 11.5 Å². The van der Waals surface area contributed by atoms with Crippen molar-refractivity contribution >= 4 is 18.5 Å². The molecule has 5 nitrogen and oxygen atoms in total. The number of halogens is 2. The number of carbonyl (C=O) groups excluding carboxylic acids is 1. The van der Waals surface area contributed by atoms with Gasteiger partial charge in [-0.3, -0.25) is 4.79 Å². The molecule has 1 aromatic rings. The van der Waals surface area contributed by atoms with E-state index >= 15 is 0 Å². The van der Waals surface area contributed by atoms with Crippen molar-refractivity contribution in [2.45, 2.75) is 72.8 Å². The molecule has 0 saturated heterocycles. The number of thiol groups is 1. The highest BCUT2D eigenvalue weighted by Crippen LogP contribution is 2.30. The highest BCUT2D eigenvalue weighted by molar-refractivity contribution is 7.79. The molecule has 190 valence electrons. The van der Waals surface area contributed by atoms with E-state index in [1.54, 1.807) is 6.26 Å². The van der Waals surface area contributed by atoms with Crippen LogP contribution in [0.25, 0.3) is 0 Å². The Morgan fingerprint density at radius 3 is 1.88 bits per heavy atom. The Morgan fingerprint density at radius 2 is 1.58 bits per heavy atom.